The molecule has 0 atom stereocenters. The number of nitrogens with zero attached hydrogens (tertiary/aromatic N) is 1. The van der Waals surface area contributed by atoms with Crippen molar-refractivity contribution in [2.45, 2.75) is 26.9 Å². The van der Waals surface area contributed by atoms with E-state index in [0.29, 0.717) is 0 Å². The Kier molecular flexibility index (Phi) is 5.55. The van der Waals surface area contributed by atoms with Gasteiger partial charge >= 0.3 is 0 Å². The van der Waals surface area contributed by atoms with Gasteiger partial charge in [0, 0.05) is 12.8 Å². The number of hydrogen-bond acceptors (Lipinski definition) is 2. The fraction of sp³-hybridized carbons (Fsp3) is 0.316. The lowest BCUT2D eigenvalue weighted by atomic mass is 10.2. The Labute approximate surface area is 134 Å². The molecular formula is C19H25NOSi. The van der Waals surface area contributed by atoms with Gasteiger partial charge in [-0.3, -0.25) is 4.99 Å². The SMILES string of the molecule is CCN=Cc1cccc(OC[Si](C)(C)c2ccccc2C)c1. The van der Waals surface area contributed by atoms with Crippen molar-refractivity contribution in [3.05, 3.63) is 59.7 Å². The minimum atomic E-state index is -1.61. The lowest BCUT2D eigenvalue weighted by Crippen LogP contribution is -2.48. The van der Waals surface area contributed by atoms with Gasteiger partial charge in [0.25, 0.3) is 0 Å². The van der Waals surface area contributed by atoms with Gasteiger partial charge in [-0.15, -0.1) is 0 Å². The predicted molar refractivity (Wildman–Crippen MR) is 98.4 cm³/mol. The first-order chi connectivity index (χ1) is 10.5. The van der Waals surface area contributed by atoms with E-state index in [2.05, 4.69) is 61.4 Å². The molecule has 0 saturated carbocycles. The third-order valence-corrected chi connectivity index (χ3v) is 6.64. The first kappa shape index (κ1) is 16.5. The van der Waals surface area contributed by atoms with Gasteiger partial charge in [-0.05, 0) is 31.5 Å². The number of benzene rings is 2. The zero-order valence-electron chi connectivity index (χ0n) is 14.0. The molecular weight excluding hydrogens is 286 g/mol. The Bertz CT molecular complexity index is 649. The maximum absolute atomic E-state index is 6.10. The maximum atomic E-state index is 6.10. The topological polar surface area (TPSA) is 21.6 Å². The average Bonchev–Trinajstić information content (AvgIpc) is 2.52. The molecule has 116 valence electrons. The summed E-state index contributed by atoms with van der Waals surface area (Å²) in [6.07, 6.45) is 2.68. The molecule has 0 spiro atoms. The first-order valence-corrected chi connectivity index (χ1v) is 11.0. The van der Waals surface area contributed by atoms with Crippen molar-refractivity contribution >= 4 is 19.5 Å². The molecule has 0 radical (unpaired) electrons. The summed E-state index contributed by atoms with van der Waals surface area (Å²) in [6.45, 7) is 9.74. The molecule has 0 aromatic heterocycles. The Morgan fingerprint density at radius 1 is 1.09 bits per heavy atom. The van der Waals surface area contributed by atoms with Crippen LogP contribution in [0.2, 0.25) is 13.1 Å². The van der Waals surface area contributed by atoms with Crippen LogP contribution >= 0.6 is 0 Å². The minimum absolute atomic E-state index is 0.784. The highest BCUT2D eigenvalue weighted by molar-refractivity contribution is 6.90. The quantitative estimate of drug-likeness (QED) is 0.584. The number of rotatable bonds is 6. The standard InChI is InChI=1S/C19H25NOSi/c1-5-20-14-17-10-8-11-18(13-17)21-15-22(3,4)19-12-7-6-9-16(19)2/h6-14H,5,15H2,1-4H3. The van der Waals surface area contributed by atoms with Crippen LogP contribution in [0, 0.1) is 6.92 Å². The van der Waals surface area contributed by atoms with Gasteiger partial charge < -0.3 is 4.74 Å². The van der Waals surface area contributed by atoms with Crippen LogP contribution in [-0.2, 0) is 0 Å². The van der Waals surface area contributed by atoms with E-state index >= 15 is 0 Å². The van der Waals surface area contributed by atoms with Crippen LogP contribution in [0.4, 0.5) is 0 Å². The zero-order chi connectivity index (χ0) is 16.0. The Morgan fingerprint density at radius 3 is 2.59 bits per heavy atom. The molecule has 0 unspecified atom stereocenters. The van der Waals surface area contributed by atoms with E-state index in [1.165, 1.54) is 10.8 Å². The third kappa shape index (κ3) is 4.31. The van der Waals surface area contributed by atoms with Crippen molar-refractivity contribution in [1.82, 2.24) is 0 Å². The van der Waals surface area contributed by atoms with Crippen LogP contribution in [0.25, 0.3) is 0 Å². The highest BCUT2D eigenvalue weighted by Crippen LogP contribution is 2.15. The molecule has 2 aromatic carbocycles. The Hall–Kier alpha value is -1.87. The van der Waals surface area contributed by atoms with Crippen LogP contribution in [0.3, 0.4) is 0 Å². The van der Waals surface area contributed by atoms with Crippen LogP contribution in [0.5, 0.6) is 5.75 Å². The molecule has 2 aromatic rings. The number of hydrogen-bond donors (Lipinski definition) is 0. The summed E-state index contributed by atoms with van der Waals surface area (Å²) >= 11 is 0. The fourth-order valence-corrected chi connectivity index (χ4v) is 4.94. The third-order valence-electron chi connectivity index (χ3n) is 3.75. The second-order valence-corrected chi connectivity index (χ2v) is 10.8. The summed E-state index contributed by atoms with van der Waals surface area (Å²) in [5.74, 6) is 0.925. The number of aryl methyl sites for hydroxylation is 1. The van der Waals surface area contributed by atoms with E-state index in [0.717, 1.165) is 24.1 Å². The summed E-state index contributed by atoms with van der Waals surface area (Å²) in [4.78, 5) is 4.28. The van der Waals surface area contributed by atoms with Gasteiger partial charge in [0.2, 0.25) is 0 Å². The van der Waals surface area contributed by atoms with E-state index in [1.807, 2.05) is 25.3 Å². The molecule has 0 amide bonds. The smallest absolute Gasteiger partial charge is 0.124 e. The lowest BCUT2D eigenvalue weighted by Gasteiger charge is -2.25. The second kappa shape index (κ2) is 7.41. The highest BCUT2D eigenvalue weighted by atomic mass is 28.3. The van der Waals surface area contributed by atoms with E-state index in [1.54, 1.807) is 0 Å². The summed E-state index contributed by atoms with van der Waals surface area (Å²) in [7, 11) is -1.61. The average molecular weight is 312 g/mol. The van der Waals surface area contributed by atoms with Crippen molar-refractivity contribution in [2.75, 3.05) is 12.8 Å². The molecule has 0 aliphatic carbocycles. The molecule has 0 saturated heterocycles. The van der Waals surface area contributed by atoms with Crippen LogP contribution in [0.1, 0.15) is 18.1 Å². The lowest BCUT2D eigenvalue weighted by molar-refractivity contribution is 0.379. The van der Waals surface area contributed by atoms with Gasteiger partial charge in [-0.2, -0.15) is 0 Å². The molecule has 0 N–H and O–H groups in total. The van der Waals surface area contributed by atoms with Gasteiger partial charge in [0.05, 0.1) is 6.23 Å². The maximum Gasteiger partial charge on any atom is 0.124 e. The van der Waals surface area contributed by atoms with E-state index < -0.39 is 8.07 Å². The first-order valence-electron chi connectivity index (χ1n) is 7.82. The molecule has 22 heavy (non-hydrogen) atoms. The van der Waals surface area contributed by atoms with Crippen LogP contribution < -0.4 is 9.92 Å². The normalized spacial score (nSPS) is 11.8. The Balaban J connectivity index is 2.09. The molecule has 3 heteroatoms. The van der Waals surface area contributed by atoms with Gasteiger partial charge in [0.1, 0.15) is 13.8 Å². The monoisotopic (exact) mass is 311 g/mol. The van der Waals surface area contributed by atoms with E-state index in [4.69, 9.17) is 4.74 Å². The van der Waals surface area contributed by atoms with Crippen molar-refractivity contribution in [3.63, 3.8) is 0 Å². The summed E-state index contributed by atoms with van der Waals surface area (Å²) in [5.41, 5.74) is 2.46. The highest BCUT2D eigenvalue weighted by Gasteiger charge is 2.26. The van der Waals surface area contributed by atoms with E-state index in [-0.39, 0.29) is 0 Å². The molecule has 0 aliphatic rings. The molecule has 0 heterocycles. The molecule has 0 aliphatic heterocycles. The number of aliphatic imine (C=N–C) groups is 1. The zero-order valence-corrected chi connectivity index (χ0v) is 15.0. The van der Waals surface area contributed by atoms with Gasteiger partial charge in [-0.1, -0.05) is 60.2 Å². The summed E-state index contributed by atoms with van der Waals surface area (Å²) < 4.78 is 6.10. The molecule has 2 nitrogen and oxygen atoms in total. The fourth-order valence-electron chi connectivity index (χ4n) is 2.56. The molecule has 0 bridgehead atoms. The predicted octanol–water partition coefficient (Wildman–Crippen LogP) is 3.97. The largest absolute Gasteiger partial charge is 0.497 e. The second-order valence-electron chi connectivity index (χ2n) is 6.19. The van der Waals surface area contributed by atoms with Crippen LogP contribution in [-0.4, -0.2) is 27.1 Å². The minimum Gasteiger partial charge on any atom is -0.497 e. The van der Waals surface area contributed by atoms with Crippen molar-refractivity contribution < 1.29 is 4.74 Å². The molecule has 0 fully saturated rings. The van der Waals surface area contributed by atoms with Gasteiger partial charge in [0.15, 0.2) is 0 Å². The molecule has 2 rings (SSSR count). The number of ether oxygens (including phenoxy) is 1. The van der Waals surface area contributed by atoms with Crippen LogP contribution in [0.15, 0.2) is 53.5 Å². The summed E-state index contributed by atoms with van der Waals surface area (Å²) in [5, 5.41) is 1.47. The van der Waals surface area contributed by atoms with Crippen molar-refractivity contribution in [1.29, 1.82) is 0 Å². The van der Waals surface area contributed by atoms with E-state index in [9.17, 15) is 0 Å². The van der Waals surface area contributed by atoms with Crippen molar-refractivity contribution in [3.8, 4) is 5.75 Å². The van der Waals surface area contributed by atoms with Gasteiger partial charge in [-0.25, -0.2) is 0 Å². The Morgan fingerprint density at radius 2 is 1.86 bits per heavy atom. The van der Waals surface area contributed by atoms with Crippen molar-refractivity contribution in [2.24, 2.45) is 4.99 Å². The summed E-state index contributed by atoms with van der Waals surface area (Å²) in [6, 6.07) is 16.8.